The minimum Gasteiger partial charge on any atom is -0.352 e. The van der Waals surface area contributed by atoms with Gasteiger partial charge in [-0.15, -0.1) is 0 Å². The van der Waals surface area contributed by atoms with Crippen LogP contribution in [0.25, 0.3) is 0 Å². The number of piperazine rings is 1. The van der Waals surface area contributed by atoms with Crippen LogP contribution in [0.4, 0.5) is 0 Å². The summed E-state index contributed by atoms with van der Waals surface area (Å²) in [5, 5.41) is 3.05. The Hall–Kier alpha value is -2.44. The predicted octanol–water partition coefficient (Wildman–Crippen LogP) is 2.23. The van der Waals surface area contributed by atoms with Crippen LogP contribution in [0.1, 0.15) is 40.2 Å². The molecule has 0 radical (unpaired) electrons. The van der Waals surface area contributed by atoms with Gasteiger partial charge in [0.2, 0.25) is 5.91 Å². The van der Waals surface area contributed by atoms with Gasteiger partial charge in [-0.05, 0) is 38.3 Å². The Labute approximate surface area is 178 Å². The first-order valence-corrected chi connectivity index (χ1v) is 11.0. The number of amides is 1. The molecule has 0 atom stereocenters. The van der Waals surface area contributed by atoms with Gasteiger partial charge in [0.25, 0.3) is 0 Å². The third-order valence-corrected chi connectivity index (χ3v) is 6.20. The Morgan fingerprint density at radius 3 is 2.23 bits per heavy atom. The predicted molar refractivity (Wildman–Crippen MR) is 118 cm³/mol. The van der Waals surface area contributed by atoms with Gasteiger partial charge >= 0.3 is 0 Å². The molecule has 1 N–H and O–H groups in total. The number of carbonyl (C=O) groups is 2. The monoisotopic (exact) mass is 408 g/mol. The molecule has 1 saturated heterocycles. The SMILES string of the molecule is Cc1cc(C(=O)CN2CCN(CC(=O)NC3CC3)CC2)c(C)n1Cc1ccccc1. The van der Waals surface area contributed by atoms with Gasteiger partial charge in [0.15, 0.2) is 5.78 Å². The number of nitrogens with zero attached hydrogens (tertiary/aromatic N) is 3. The zero-order valence-corrected chi connectivity index (χ0v) is 18.1. The molecule has 1 aliphatic heterocycles. The van der Waals surface area contributed by atoms with Crippen LogP contribution in [0.15, 0.2) is 36.4 Å². The standard InChI is InChI=1S/C24H32N4O2/c1-18-14-22(19(2)28(18)15-20-6-4-3-5-7-20)23(29)16-26-10-12-27(13-11-26)17-24(30)25-21-8-9-21/h3-7,14,21H,8-13,15-17H2,1-2H3,(H,25,30). The van der Waals surface area contributed by atoms with E-state index in [9.17, 15) is 9.59 Å². The molecule has 160 valence electrons. The summed E-state index contributed by atoms with van der Waals surface area (Å²) < 4.78 is 2.22. The zero-order chi connectivity index (χ0) is 21.1. The molecule has 1 saturated carbocycles. The number of benzene rings is 1. The van der Waals surface area contributed by atoms with E-state index < -0.39 is 0 Å². The summed E-state index contributed by atoms with van der Waals surface area (Å²) in [4.78, 5) is 29.4. The fourth-order valence-corrected chi connectivity index (χ4v) is 4.19. The van der Waals surface area contributed by atoms with E-state index in [1.165, 1.54) is 5.56 Å². The van der Waals surface area contributed by atoms with Crippen molar-refractivity contribution < 1.29 is 9.59 Å². The van der Waals surface area contributed by atoms with Crippen molar-refractivity contribution in [3.8, 4) is 0 Å². The van der Waals surface area contributed by atoms with Gasteiger partial charge < -0.3 is 9.88 Å². The van der Waals surface area contributed by atoms with E-state index in [1.54, 1.807) is 0 Å². The van der Waals surface area contributed by atoms with Crippen LogP contribution in [-0.4, -0.2) is 71.4 Å². The highest BCUT2D eigenvalue weighted by molar-refractivity contribution is 5.99. The van der Waals surface area contributed by atoms with Crippen LogP contribution in [-0.2, 0) is 11.3 Å². The molecular weight excluding hydrogens is 376 g/mol. The van der Waals surface area contributed by atoms with Crippen molar-refractivity contribution in [2.75, 3.05) is 39.3 Å². The number of ketones is 1. The van der Waals surface area contributed by atoms with Crippen molar-refractivity contribution in [2.45, 2.75) is 39.3 Å². The number of hydrogen-bond acceptors (Lipinski definition) is 4. The van der Waals surface area contributed by atoms with Gasteiger partial charge in [0.05, 0.1) is 13.1 Å². The van der Waals surface area contributed by atoms with Crippen molar-refractivity contribution >= 4 is 11.7 Å². The minimum absolute atomic E-state index is 0.132. The van der Waals surface area contributed by atoms with Gasteiger partial charge in [0, 0.05) is 55.7 Å². The lowest BCUT2D eigenvalue weighted by atomic mass is 10.1. The van der Waals surface area contributed by atoms with E-state index in [-0.39, 0.29) is 11.7 Å². The molecule has 4 rings (SSSR count). The van der Waals surface area contributed by atoms with E-state index in [0.29, 0.717) is 19.1 Å². The van der Waals surface area contributed by atoms with Crippen LogP contribution >= 0.6 is 0 Å². The van der Waals surface area contributed by atoms with Crippen LogP contribution in [0, 0.1) is 13.8 Å². The molecule has 2 fully saturated rings. The topological polar surface area (TPSA) is 57.6 Å². The lowest BCUT2D eigenvalue weighted by Gasteiger charge is -2.33. The minimum atomic E-state index is 0.132. The first kappa shape index (κ1) is 20.8. The average molecular weight is 409 g/mol. The molecule has 0 bridgehead atoms. The maximum Gasteiger partial charge on any atom is 0.234 e. The third-order valence-electron chi connectivity index (χ3n) is 6.20. The van der Waals surface area contributed by atoms with Crippen molar-refractivity contribution in [1.29, 1.82) is 0 Å². The van der Waals surface area contributed by atoms with E-state index in [0.717, 1.165) is 62.5 Å². The van der Waals surface area contributed by atoms with E-state index in [2.05, 4.69) is 38.7 Å². The molecule has 6 nitrogen and oxygen atoms in total. The van der Waals surface area contributed by atoms with E-state index in [1.807, 2.05) is 31.2 Å². The summed E-state index contributed by atoms with van der Waals surface area (Å²) in [6, 6.07) is 12.8. The lowest BCUT2D eigenvalue weighted by Crippen LogP contribution is -2.50. The van der Waals surface area contributed by atoms with Gasteiger partial charge in [-0.25, -0.2) is 0 Å². The number of Topliss-reactive ketones (excluding diaryl/α,β-unsaturated/α-hetero) is 1. The summed E-state index contributed by atoms with van der Waals surface area (Å²) in [7, 11) is 0. The Bertz CT molecular complexity index is 893. The molecule has 0 spiro atoms. The van der Waals surface area contributed by atoms with Gasteiger partial charge in [-0.2, -0.15) is 0 Å². The molecule has 1 aliphatic carbocycles. The summed E-state index contributed by atoms with van der Waals surface area (Å²) in [6.07, 6.45) is 2.24. The first-order chi connectivity index (χ1) is 14.5. The molecule has 2 aromatic rings. The van der Waals surface area contributed by atoms with Gasteiger partial charge in [0.1, 0.15) is 0 Å². The smallest absolute Gasteiger partial charge is 0.234 e. The van der Waals surface area contributed by atoms with Crippen LogP contribution in [0.2, 0.25) is 0 Å². The second kappa shape index (κ2) is 9.14. The summed E-state index contributed by atoms with van der Waals surface area (Å²) in [5.41, 5.74) is 4.22. The number of nitrogens with one attached hydrogen (secondary N) is 1. The Balaban J connectivity index is 1.30. The van der Waals surface area contributed by atoms with Crippen molar-refractivity contribution in [2.24, 2.45) is 0 Å². The summed E-state index contributed by atoms with van der Waals surface area (Å²) in [6.45, 7) is 9.12. The average Bonchev–Trinajstić information content (AvgIpc) is 3.50. The fourth-order valence-electron chi connectivity index (χ4n) is 4.19. The summed E-state index contributed by atoms with van der Waals surface area (Å²) in [5.74, 6) is 0.315. The number of hydrogen-bond donors (Lipinski definition) is 1. The molecule has 1 aromatic heterocycles. The molecule has 6 heteroatoms. The zero-order valence-electron chi connectivity index (χ0n) is 18.1. The highest BCUT2D eigenvalue weighted by Gasteiger charge is 2.26. The number of carbonyl (C=O) groups excluding carboxylic acids is 2. The van der Waals surface area contributed by atoms with Crippen LogP contribution < -0.4 is 5.32 Å². The Morgan fingerprint density at radius 2 is 1.60 bits per heavy atom. The molecule has 2 heterocycles. The van der Waals surface area contributed by atoms with Gasteiger partial charge in [-0.3, -0.25) is 19.4 Å². The summed E-state index contributed by atoms with van der Waals surface area (Å²) >= 11 is 0. The normalized spacial score (nSPS) is 17.8. The lowest BCUT2D eigenvalue weighted by molar-refractivity contribution is -0.122. The second-order valence-corrected chi connectivity index (χ2v) is 8.67. The number of aromatic nitrogens is 1. The first-order valence-electron chi connectivity index (χ1n) is 11.0. The Morgan fingerprint density at radius 1 is 0.967 bits per heavy atom. The maximum absolute atomic E-state index is 13.0. The molecule has 0 unspecified atom stereocenters. The number of rotatable bonds is 8. The quantitative estimate of drug-likeness (QED) is 0.681. The maximum atomic E-state index is 13.0. The third kappa shape index (κ3) is 5.18. The fraction of sp³-hybridized carbons (Fsp3) is 0.500. The molecule has 30 heavy (non-hydrogen) atoms. The molecular formula is C24H32N4O2. The largest absolute Gasteiger partial charge is 0.352 e. The van der Waals surface area contributed by atoms with E-state index >= 15 is 0 Å². The van der Waals surface area contributed by atoms with Gasteiger partial charge in [-0.1, -0.05) is 30.3 Å². The highest BCUT2D eigenvalue weighted by atomic mass is 16.2. The van der Waals surface area contributed by atoms with Crippen molar-refractivity contribution in [3.05, 3.63) is 58.9 Å². The van der Waals surface area contributed by atoms with Crippen LogP contribution in [0.5, 0.6) is 0 Å². The number of aryl methyl sites for hydroxylation is 1. The molecule has 2 aliphatic rings. The van der Waals surface area contributed by atoms with Crippen molar-refractivity contribution in [3.63, 3.8) is 0 Å². The van der Waals surface area contributed by atoms with Crippen molar-refractivity contribution in [1.82, 2.24) is 19.7 Å². The van der Waals surface area contributed by atoms with Crippen LogP contribution in [0.3, 0.4) is 0 Å². The highest BCUT2D eigenvalue weighted by Crippen LogP contribution is 2.19. The van der Waals surface area contributed by atoms with E-state index in [4.69, 9.17) is 0 Å². The second-order valence-electron chi connectivity index (χ2n) is 8.67. The molecule has 1 aromatic carbocycles. The molecule has 1 amide bonds. The Kier molecular flexibility index (Phi) is 6.35.